The Balaban J connectivity index is 1.55. The zero-order chi connectivity index (χ0) is 15.5. The van der Waals surface area contributed by atoms with Gasteiger partial charge in [0.1, 0.15) is 12.4 Å². The molecule has 0 aliphatic carbocycles. The summed E-state index contributed by atoms with van der Waals surface area (Å²) in [6, 6.07) is 1.91. The van der Waals surface area contributed by atoms with Crippen LogP contribution in [0.15, 0.2) is 15.1 Å². The number of ether oxygens (including phenoxy) is 1. The minimum atomic E-state index is -0.397. The number of aromatic nitrogens is 3. The van der Waals surface area contributed by atoms with E-state index in [0.717, 1.165) is 18.0 Å². The molecule has 1 N–H and O–H groups in total. The number of β-amino-alcohol motifs (C(OH)–C–C–N with tert-alkyl or cyclic N) is 1. The number of hydrogen-bond donors (Lipinski definition) is 1. The van der Waals surface area contributed by atoms with Crippen LogP contribution < -0.4 is 0 Å². The summed E-state index contributed by atoms with van der Waals surface area (Å²) in [6.45, 7) is 4.08. The normalized spacial score (nSPS) is 22.5. The van der Waals surface area contributed by atoms with Crippen LogP contribution in [-0.4, -0.2) is 51.6 Å². The molecule has 0 aromatic carbocycles. The van der Waals surface area contributed by atoms with Gasteiger partial charge >= 0.3 is 0 Å². The molecule has 1 saturated heterocycles. The van der Waals surface area contributed by atoms with E-state index < -0.39 is 6.10 Å². The van der Waals surface area contributed by atoms with Crippen molar-refractivity contribution >= 4 is 0 Å². The molecule has 0 radical (unpaired) electrons. The average molecular weight is 308 g/mol. The molecule has 0 amide bonds. The summed E-state index contributed by atoms with van der Waals surface area (Å²) in [7, 11) is 1.59. The van der Waals surface area contributed by atoms with Crippen LogP contribution in [0, 0.1) is 12.8 Å². The number of aryl methyl sites for hydroxylation is 1. The summed E-state index contributed by atoms with van der Waals surface area (Å²) >= 11 is 0. The maximum Gasteiger partial charge on any atom is 0.240 e. The van der Waals surface area contributed by atoms with E-state index in [2.05, 4.69) is 20.2 Å². The Hall–Kier alpha value is -1.77. The lowest BCUT2D eigenvalue weighted by Crippen LogP contribution is -2.21. The molecule has 2 aromatic rings. The molecule has 0 spiro atoms. The topological polar surface area (TPSA) is 97.7 Å². The third-order valence-corrected chi connectivity index (χ3v) is 3.76. The Labute approximate surface area is 128 Å². The van der Waals surface area contributed by atoms with E-state index in [0.29, 0.717) is 37.8 Å². The lowest BCUT2D eigenvalue weighted by atomic mass is 10.0. The Bertz CT molecular complexity index is 612. The van der Waals surface area contributed by atoms with E-state index in [9.17, 15) is 5.11 Å². The molecule has 1 aliphatic heterocycles. The van der Waals surface area contributed by atoms with Gasteiger partial charge in [-0.25, -0.2) is 0 Å². The molecule has 22 heavy (non-hydrogen) atoms. The molecule has 0 saturated carbocycles. The van der Waals surface area contributed by atoms with E-state index in [1.54, 1.807) is 7.11 Å². The third kappa shape index (κ3) is 3.52. The van der Waals surface area contributed by atoms with Gasteiger partial charge in [0.15, 0.2) is 5.82 Å². The lowest BCUT2D eigenvalue weighted by molar-refractivity contribution is 0.136. The molecule has 2 atom stereocenters. The van der Waals surface area contributed by atoms with Gasteiger partial charge in [-0.2, -0.15) is 4.98 Å². The van der Waals surface area contributed by atoms with Gasteiger partial charge in [0.25, 0.3) is 0 Å². The van der Waals surface area contributed by atoms with Crippen molar-refractivity contribution < 1.29 is 18.9 Å². The van der Waals surface area contributed by atoms with Crippen molar-refractivity contribution in [3.63, 3.8) is 0 Å². The first-order valence-corrected chi connectivity index (χ1v) is 7.27. The van der Waals surface area contributed by atoms with Crippen LogP contribution in [0.3, 0.4) is 0 Å². The molecule has 120 valence electrons. The van der Waals surface area contributed by atoms with E-state index in [1.807, 2.05) is 13.0 Å². The van der Waals surface area contributed by atoms with Gasteiger partial charge in [0, 0.05) is 38.6 Å². The first-order valence-electron chi connectivity index (χ1n) is 7.27. The standard InChI is InChI=1S/C14H20N4O4/c1-9-3-11(21-16-9)4-10-5-18(6-12(10)19)7-14-15-13(8-20-2)17-22-14/h3,10,12,19H,4-8H2,1-2H3/t10-,12-/m1/s1. The fourth-order valence-corrected chi connectivity index (χ4v) is 2.78. The predicted molar refractivity (Wildman–Crippen MR) is 74.7 cm³/mol. The van der Waals surface area contributed by atoms with Gasteiger partial charge in [0.05, 0.1) is 18.3 Å². The smallest absolute Gasteiger partial charge is 0.240 e. The Morgan fingerprint density at radius 1 is 1.36 bits per heavy atom. The molecule has 1 fully saturated rings. The van der Waals surface area contributed by atoms with Gasteiger partial charge in [-0.15, -0.1) is 0 Å². The molecule has 2 aromatic heterocycles. The largest absolute Gasteiger partial charge is 0.391 e. The van der Waals surface area contributed by atoms with Gasteiger partial charge < -0.3 is 18.9 Å². The Kier molecular flexibility index (Phi) is 4.51. The van der Waals surface area contributed by atoms with Crippen molar-refractivity contribution in [3.05, 3.63) is 29.2 Å². The third-order valence-electron chi connectivity index (χ3n) is 3.76. The maximum absolute atomic E-state index is 10.2. The van der Waals surface area contributed by atoms with Crippen LogP contribution in [0.2, 0.25) is 0 Å². The van der Waals surface area contributed by atoms with Crippen LogP contribution in [0.1, 0.15) is 23.2 Å². The predicted octanol–water partition coefficient (Wildman–Crippen LogP) is 0.548. The minimum Gasteiger partial charge on any atom is -0.391 e. The Morgan fingerprint density at radius 3 is 2.95 bits per heavy atom. The second-order valence-electron chi connectivity index (χ2n) is 5.70. The van der Waals surface area contributed by atoms with Crippen molar-refractivity contribution in [2.24, 2.45) is 5.92 Å². The van der Waals surface area contributed by atoms with Crippen molar-refractivity contribution in [2.45, 2.75) is 32.6 Å². The van der Waals surface area contributed by atoms with E-state index in [-0.39, 0.29) is 5.92 Å². The number of aliphatic hydroxyl groups excluding tert-OH is 1. The molecular weight excluding hydrogens is 288 g/mol. The zero-order valence-electron chi connectivity index (χ0n) is 12.7. The highest BCUT2D eigenvalue weighted by Gasteiger charge is 2.33. The van der Waals surface area contributed by atoms with Crippen LogP contribution in [0.4, 0.5) is 0 Å². The molecular formula is C14H20N4O4. The molecule has 3 rings (SSSR count). The molecule has 0 bridgehead atoms. The van der Waals surface area contributed by atoms with Crippen molar-refractivity contribution in [3.8, 4) is 0 Å². The summed E-state index contributed by atoms with van der Waals surface area (Å²) in [5, 5.41) is 17.9. The Morgan fingerprint density at radius 2 is 2.23 bits per heavy atom. The fourth-order valence-electron chi connectivity index (χ4n) is 2.78. The number of aliphatic hydroxyl groups is 1. The van der Waals surface area contributed by atoms with E-state index >= 15 is 0 Å². The molecule has 1 aliphatic rings. The summed E-state index contributed by atoms with van der Waals surface area (Å²) in [4.78, 5) is 6.35. The lowest BCUT2D eigenvalue weighted by Gasteiger charge is -2.12. The van der Waals surface area contributed by atoms with Crippen LogP contribution in [0.5, 0.6) is 0 Å². The number of rotatable bonds is 6. The quantitative estimate of drug-likeness (QED) is 0.826. The highest BCUT2D eigenvalue weighted by molar-refractivity contribution is 5.05. The highest BCUT2D eigenvalue weighted by atomic mass is 16.5. The minimum absolute atomic E-state index is 0.119. The average Bonchev–Trinajstić information content (AvgIpc) is 3.15. The van der Waals surface area contributed by atoms with Crippen LogP contribution in [0.25, 0.3) is 0 Å². The van der Waals surface area contributed by atoms with Crippen molar-refractivity contribution in [1.82, 2.24) is 20.2 Å². The molecule has 8 nitrogen and oxygen atoms in total. The second-order valence-corrected chi connectivity index (χ2v) is 5.70. The SMILES string of the molecule is COCc1noc(CN2C[C@@H](Cc3cc(C)no3)[C@H](O)C2)n1. The summed E-state index contributed by atoms with van der Waals surface area (Å²) < 4.78 is 15.4. The number of hydrogen-bond acceptors (Lipinski definition) is 8. The highest BCUT2D eigenvalue weighted by Crippen LogP contribution is 2.23. The zero-order valence-corrected chi connectivity index (χ0v) is 12.7. The summed E-state index contributed by atoms with van der Waals surface area (Å²) in [5.74, 6) is 2.00. The van der Waals surface area contributed by atoms with Crippen LogP contribution in [-0.2, 0) is 24.3 Å². The fraction of sp³-hybridized carbons (Fsp3) is 0.643. The monoisotopic (exact) mass is 308 g/mol. The van der Waals surface area contributed by atoms with Gasteiger partial charge in [0.2, 0.25) is 5.89 Å². The van der Waals surface area contributed by atoms with Gasteiger partial charge in [-0.3, -0.25) is 4.90 Å². The van der Waals surface area contributed by atoms with Crippen LogP contribution >= 0.6 is 0 Å². The molecule has 8 heteroatoms. The summed E-state index contributed by atoms with van der Waals surface area (Å²) in [6.07, 6.45) is 0.281. The second kappa shape index (κ2) is 6.55. The summed E-state index contributed by atoms with van der Waals surface area (Å²) in [5.41, 5.74) is 0.857. The van der Waals surface area contributed by atoms with Gasteiger partial charge in [-0.05, 0) is 6.92 Å². The van der Waals surface area contributed by atoms with E-state index in [1.165, 1.54) is 0 Å². The maximum atomic E-state index is 10.2. The van der Waals surface area contributed by atoms with Crippen molar-refractivity contribution in [2.75, 3.05) is 20.2 Å². The van der Waals surface area contributed by atoms with Gasteiger partial charge in [-0.1, -0.05) is 10.3 Å². The van der Waals surface area contributed by atoms with E-state index in [4.69, 9.17) is 13.8 Å². The first-order chi connectivity index (χ1) is 10.6. The first kappa shape index (κ1) is 15.1. The number of likely N-dealkylation sites (tertiary alicyclic amines) is 1. The molecule has 0 unspecified atom stereocenters. The molecule has 3 heterocycles. The number of nitrogens with zero attached hydrogens (tertiary/aromatic N) is 4. The number of methoxy groups -OCH3 is 1. The van der Waals surface area contributed by atoms with Crippen molar-refractivity contribution in [1.29, 1.82) is 0 Å².